The van der Waals surface area contributed by atoms with Crippen LogP contribution < -0.4 is 0 Å². The molecule has 108 valence electrons. The van der Waals surface area contributed by atoms with E-state index < -0.39 is 5.78 Å². The first-order chi connectivity index (χ1) is 10.5. The van der Waals surface area contributed by atoms with Crippen molar-refractivity contribution >= 4 is 11.4 Å². The van der Waals surface area contributed by atoms with E-state index in [1.807, 2.05) is 37.3 Å². The maximum Gasteiger partial charge on any atom is 0.207 e. The molecule has 0 aromatic heterocycles. The quantitative estimate of drug-likeness (QED) is 0.845. The molecule has 1 aliphatic carbocycles. The Kier molecular flexibility index (Phi) is 3.19. The van der Waals surface area contributed by atoms with E-state index in [0.717, 1.165) is 17.2 Å². The summed E-state index contributed by atoms with van der Waals surface area (Å²) in [5.74, 6) is -0.903. The number of aryl methyl sites for hydroxylation is 1. The number of carbonyl (C=O) groups is 1. The monoisotopic (exact) mass is 291 g/mol. The molecule has 0 saturated carbocycles. The minimum Gasteiger partial charge on any atom is -0.508 e. The number of Topliss-reactive ketones (excluding diaryl/α,β-unsaturated/α-hetero) is 1. The number of carbonyl (C=O) groups excluding carboxylic acids is 1. The van der Waals surface area contributed by atoms with Gasteiger partial charge in [0.1, 0.15) is 23.1 Å². The van der Waals surface area contributed by atoms with Crippen LogP contribution in [-0.4, -0.2) is 16.0 Å². The fourth-order valence-corrected chi connectivity index (χ4v) is 2.73. The number of allylic oxidation sites excluding steroid dienone is 2. The minimum atomic E-state index is -0.503. The van der Waals surface area contributed by atoms with Gasteiger partial charge >= 0.3 is 0 Å². The van der Waals surface area contributed by atoms with Gasteiger partial charge in [0, 0.05) is 12.5 Å². The van der Waals surface area contributed by atoms with Gasteiger partial charge < -0.3 is 10.2 Å². The molecule has 0 unspecified atom stereocenters. The maximum absolute atomic E-state index is 12.5. The van der Waals surface area contributed by atoms with E-state index >= 15 is 0 Å². The van der Waals surface area contributed by atoms with Gasteiger partial charge in [-0.2, -0.15) is 5.26 Å². The normalized spacial score (nSPS) is 13.7. The number of aromatic hydroxyl groups is 2. The van der Waals surface area contributed by atoms with Crippen LogP contribution in [0.25, 0.3) is 5.57 Å². The number of hydrogen-bond donors (Lipinski definition) is 2. The van der Waals surface area contributed by atoms with Crippen molar-refractivity contribution in [2.75, 3.05) is 0 Å². The van der Waals surface area contributed by atoms with Gasteiger partial charge in [-0.05, 0) is 29.7 Å². The zero-order valence-electron chi connectivity index (χ0n) is 11.9. The summed E-state index contributed by atoms with van der Waals surface area (Å²) in [6.07, 6.45) is 0.314. The topological polar surface area (TPSA) is 81.3 Å². The van der Waals surface area contributed by atoms with Crippen LogP contribution in [0.5, 0.6) is 11.5 Å². The molecule has 0 amide bonds. The Morgan fingerprint density at radius 3 is 2.45 bits per heavy atom. The lowest BCUT2D eigenvalue weighted by atomic mass is 9.82. The average Bonchev–Trinajstić information content (AvgIpc) is 2.47. The zero-order valence-corrected chi connectivity index (χ0v) is 11.9. The largest absolute Gasteiger partial charge is 0.508 e. The number of phenols is 2. The predicted octanol–water partition coefficient (Wildman–Crippen LogP) is 3.12. The average molecular weight is 291 g/mol. The summed E-state index contributed by atoms with van der Waals surface area (Å²) in [5.41, 5.74) is 3.16. The van der Waals surface area contributed by atoms with Crippen molar-refractivity contribution < 1.29 is 15.0 Å². The highest BCUT2D eigenvalue weighted by Gasteiger charge is 2.29. The summed E-state index contributed by atoms with van der Waals surface area (Å²) in [6.45, 7) is 1.96. The molecule has 4 heteroatoms. The van der Waals surface area contributed by atoms with Crippen LogP contribution in [-0.2, 0) is 6.42 Å². The highest BCUT2D eigenvalue weighted by Crippen LogP contribution is 2.38. The second kappa shape index (κ2) is 5.05. The van der Waals surface area contributed by atoms with Gasteiger partial charge in [0.05, 0.1) is 5.56 Å². The van der Waals surface area contributed by atoms with E-state index in [1.54, 1.807) is 0 Å². The van der Waals surface area contributed by atoms with Gasteiger partial charge in [-0.15, -0.1) is 0 Å². The van der Waals surface area contributed by atoms with Crippen molar-refractivity contribution in [2.24, 2.45) is 0 Å². The Labute approximate surface area is 127 Å². The summed E-state index contributed by atoms with van der Waals surface area (Å²) in [4.78, 5) is 12.5. The molecular formula is C18H13NO3. The SMILES string of the molecule is Cc1ccc(C2=C(C#N)C(=O)c3c(O)cc(O)cc3C2)cc1. The lowest BCUT2D eigenvalue weighted by Gasteiger charge is -2.20. The molecule has 0 bridgehead atoms. The molecule has 2 N–H and O–H groups in total. The van der Waals surface area contributed by atoms with Crippen LogP contribution in [0, 0.1) is 18.3 Å². The molecule has 1 aliphatic rings. The molecule has 0 saturated heterocycles. The van der Waals surface area contributed by atoms with Crippen molar-refractivity contribution in [3.8, 4) is 17.6 Å². The third-order valence-electron chi connectivity index (χ3n) is 3.82. The Balaban J connectivity index is 2.21. The highest BCUT2D eigenvalue weighted by molar-refractivity contribution is 6.20. The second-order valence-electron chi connectivity index (χ2n) is 5.34. The minimum absolute atomic E-state index is 0.0392. The summed E-state index contributed by atoms with van der Waals surface area (Å²) in [6, 6.07) is 12.1. The number of rotatable bonds is 1. The molecule has 0 fully saturated rings. The number of benzene rings is 2. The fraction of sp³-hybridized carbons (Fsp3) is 0.111. The third kappa shape index (κ3) is 2.13. The standard InChI is InChI=1S/C18H13NO3/c1-10-2-4-11(5-3-10)14-7-12-6-13(20)8-16(21)17(12)18(22)15(14)9-19/h2-6,8,20-21H,7H2,1H3. The number of nitriles is 1. The number of hydrogen-bond acceptors (Lipinski definition) is 4. The third-order valence-corrected chi connectivity index (χ3v) is 3.82. The second-order valence-corrected chi connectivity index (χ2v) is 5.34. The lowest BCUT2D eigenvalue weighted by Crippen LogP contribution is -2.15. The first-order valence-corrected chi connectivity index (χ1v) is 6.81. The molecular weight excluding hydrogens is 278 g/mol. The lowest BCUT2D eigenvalue weighted by molar-refractivity contribution is 0.103. The number of phenolic OH excluding ortho intramolecular Hbond substituents is 2. The predicted molar refractivity (Wildman–Crippen MR) is 81.5 cm³/mol. The molecule has 0 spiro atoms. The van der Waals surface area contributed by atoms with E-state index in [2.05, 4.69) is 0 Å². The summed E-state index contributed by atoms with van der Waals surface area (Å²) < 4.78 is 0. The van der Waals surface area contributed by atoms with Crippen LogP contribution in [0.3, 0.4) is 0 Å². The van der Waals surface area contributed by atoms with Gasteiger partial charge in [-0.25, -0.2) is 0 Å². The van der Waals surface area contributed by atoms with E-state index in [-0.39, 0.29) is 22.6 Å². The first kappa shape index (κ1) is 13.9. The van der Waals surface area contributed by atoms with Crippen LogP contribution in [0.15, 0.2) is 42.0 Å². The van der Waals surface area contributed by atoms with Crippen molar-refractivity contribution in [1.82, 2.24) is 0 Å². The van der Waals surface area contributed by atoms with Crippen molar-refractivity contribution in [2.45, 2.75) is 13.3 Å². The summed E-state index contributed by atoms with van der Waals surface area (Å²) in [7, 11) is 0. The fourth-order valence-electron chi connectivity index (χ4n) is 2.73. The van der Waals surface area contributed by atoms with Gasteiger partial charge in [0.15, 0.2) is 0 Å². The van der Waals surface area contributed by atoms with Crippen molar-refractivity contribution in [3.05, 3.63) is 64.2 Å². The molecule has 4 nitrogen and oxygen atoms in total. The van der Waals surface area contributed by atoms with E-state index in [4.69, 9.17) is 0 Å². The van der Waals surface area contributed by atoms with Gasteiger partial charge in [0.25, 0.3) is 0 Å². The molecule has 2 aromatic rings. The number of nitrogens with zero attached hydrogens (tertiary/aromatic N) is 1. The summed E-state index contributed by atoms with van der Waals surface area (Å²) >= 11 is 0. The molecule has 22 heavy (non-hydrogen) atoms. The maximum atomic E-state index is 12.5. The van der Waals surface area contributed by atoms with Crippen LogP contribution >= 0.6 is 0 Å². The molecule has 2 aromatic carbocycles. The number of ketones is 1. The highest BCUT2D eigenvalue weighted by atomic mass is 16.3. The zero-order chi connectivity index (χ0) is 15.9. The first-order valence-electron chi connectivity index (χ1n) is 6.81. The molecule has 3 rings (SSSR count). The van der Waals surface area contributed by atoms with Crippen LogP contribution in [0.2, 0.25) is 0 Å². The van der Waals surface area contributed by atoms with Crippen LogP contribution in [0.1, 0.15) is 27.0 Å². The van der Waals surface area contributed by atoms with Gasteiger partial charge in [-0.3, -0.25) is 4.79 Å². The Bertz CT molecular complexity index is 855. The van der Waals surface area contributed by atoms with Gasteiger partial charge in [-0.1, -0.05) is 29.8 Å². The smallest absolute Gasteiger partial charge is 0.207 e. The molecule has 0 atom stereocenters. The Morgan fingerprint density at radius 1 is 1.14 bits per heavy atom. The Morgan fingerprint density at radius 2 is 1.82 bits per heavy atom. The van der Waals surface area contributed by atoms with Crippen LogP contribution in [0.4, 0.5) is 0 Å². The van der Waals surface area contributed by atoms with E-state index in [9.17, 15) is 20.3 Å². The molecule has 0 heterocycles. The summed E-state index contributed by atoms with van der Waals surface area (Å²) in [5, 5.41) is 28.9. The van der Waals surface area contributed by atoms with Crippen molar-refractivity contribution in [1.29, 1.82) is 5.26 Å². The molecule has 0 radical (unpaired) electrons. The number of fused-ring (bicyclic) bond motifs is 1. The van der Waals surface area contributed by atoms with E-state index in [0.29, 0.717) is 17.6 Å². The Hall–Kier alpha value is -3.06. The van der Waals surface area contributed by atoms with Gasteiger partial charge in [0.2, 0.25) is 5.78 Å². The molecule has 0 aliphatic heterocycles. The van der Waals surface area contributed by atoms with E-state index in [1.165, 1.54) is 6.07 Å². The van der Waals surface area contributed by atoms with Crippen molar-refractivity contribution in [3.63, 3.8) is 0 Å².